The molecule has 0 amide bonds. The van der Waals surface area contributed by atoms with Gasteiger partial charge >= 0.3 is 0 Å². The van der Waals surface area contributed by atoms with E-state index in [-0.39, 0.29) is 4.90 Å². The van der Waals surface area contributed by atoms with Gasteiger partial charge in [0.2, 0.25) is 10.0 Å². The predicted octanol–water partition coefficient (Wildman–Crippen LogP) is 0.481. The maximum atomic E-state index is 12.0. The van der Waals surface area contributed by atoms with Crippen molar-refractivity contribution in [3.8, 4) is 0 Å². The molecule has 0 fully saturated rings. The maximum absolute atomic E-state index is 12.0. The Morgan fingerprint density at radius 3 is 2.76 bits per heavy atom. The summed E-state index contributed by atoms with van der Waals surface area (Å²) in [5.74, 6) is 0.565. The summed E-state index contributed by atoms with van der Waals surface area (Å²) >= 11 is 0. The minimum atomic E-state index is -3.58. The Balaban J connectivity index is 2.22. The Labute approximate surface area is 98.7 Å². The first-order valence-corrected chi connectivity index (χ1v) is 6.50. The fourth-order valence-electron chi connectivity index (χ4n) is 1.48. The highest BCUT2D eigenvalue weighted by molar-refractivity contribution is 7.89. The van der Waals surface area contributed by atoms with Crippen LogP contribution >= 0.6 is 0 Å². The first-order valence-electron chi connectivity index (χ1n) is 5.02. The van der Waals surface area contributed by atoms with E-state index in [1.165, 1.54) is 6.20 Å². The van der Waals surface area contributed by atoms with Crippen molar-refractivity contribution >= 4 is 10.0 Å². The average molecular weight is 255 g/mol. The van der Waals surface area contributed by atoms with Gasteiger partial charge in [0.1, 0.15) is 10.7 Å². The van der Waals surface area contributed by atoms with Crippen molar-refractivity contribution < 1.29 is 8.42 Å². The molecule has 0 radical (unpaired) electrons. The quantitative estimate of drug-likeness (QED) is 0.739. The third-order valence-corrected chi connectivity index (χ3v) is 3.99. The molecule has 1 atom stereocenters. The number of H-pyrrole nitrogens is 2. The van der Waals surface area contributed by atoms with Gasteiger partial charge in [0.05, 0.1) is 17.9 Å². The van der Waals surface area contributed by atoms with E-state index in [4.69, 9.17) is 0 Å². The van der Waals surface area contributed by atoms with E-state index in [1.807, 2.05) is 0 Å². The van der Waals surface area contributed by atoms with Gasteiger partial charge in [-0.2, -0.15) is 5.10 Å². The molecule has 1 unspecified atom stereocenters. The van der Waals surface area contributed by atoms with E-state index in [0.717, 1.165) is 0 Å². The summed E-state index contributed by atoms with van der Waals surface area (Å²) in [7, 11) is -3.58. The van der Waals surface area contributed by atoms with Gasteiger partial charge in [-0.05, 0) is 13.8 Å². The van der Waals surface area contributed by atoms with Gasteiger partial charge < -0.3 is 4.98 Å². The van der Waals surface area contributed by atoms with Crippen LogP contribution in [0.3, 0.4) is 0 Å². The highest BCUT2D eigenvalue weighted by atomic mass is 32.2. The molecule has 2 aromatic heterocycles. The maximum Gasteiger partial charge on any atom is 0.244 e. The van der Waals surface area contributed by atoms with Gasteiger partial charge in [-0.15, -0.1) is 0 Å². The lowest BCUT2D eigenvalue weighted by atomic mass is 10.3. The molecule has 0 aromatic carbocycles. The number of aromatic amines is 2. The molecule has 0 saturated carbocycles. The Morgan fingerprint density at radius 1 is 1.47 bits per heavy atom. The van der Waals surface area contributed by atoms with Crippen LogP contribution in [0.1, 0.15) is 24.5 Å². The number of sulfonamides is 1. The summed E-state index contributed by atoms with van der Waals surface area (Å²) < 4.78 is 26.5. The van der Waals surface area contributed by atoms with Gasteiger partial charge in [-0.1, -0.05) is 0 Å². The lowest BCUT2D eigenvalue weighted by Crippen LogP contribution is -2.27. The van der Waals surface area contributed by atoms with Crippen LogP contribution < -0.4 is 4.72 Å². The van der Waals surface area contributed by atoms with Crippen molar-refractivity contribution in [2.75, 3.05) is 0 Å². The van der Waals surface area contributed by atoms with E-state index in [1.54, 1.807) is 26.2 Å². The number of rotatable bonds is 4. The number of nitrogens with one attached hydrogen (secondary N) is 3. The second-order valence-electron chi connectivity index (χ2n) is 3.68. The first kappa shape index (κ1) is 11.8. The zero-order valence-electron chi connectivity index (χ0n) is 9.43. The van der Waals surface area contributed by atoms with Crippen molar-refractivity contribution in [1.82, 2.24) is 24.9 Å². The van der Waals surface area contributed by atoms with Crippen LogP contribution in [0.15, 0.2) is 23.5 Å². The summed E-state index contributed by atoms with van der Waals surface area (Å²) in [4.78, 5) is 7.01. The van der Waals surface area contributed by atoms with Crippen LogP contribution in [-0.2, 0) is 10.0 Å². The standard InChI is InChI=1S/C9H13N5O2S/c1-6-8(5-12-13-6)17(15,16)14-7(2)9-10-3-4-11-9/h3-5,7,14H,1-2H3,(H,10,11)(H,12,13). The zero-order valence-corrected chi connectivity index (χ0v) is 10.2. The van der Waals surface area contributed by atoms with E-state index >= 15 is 0 Å². The topological polar surface area (TPSA) is 104 Å². The predicted molar refractivity (Wildman–Crippen MR) is 60.6 cm³/mol. The molecule has 0 bridgehead atoms. The second-order valence-corrected chi connectivity index (χ2v) is 5.36. The van der Waals surface area contributed by atoms with Crippen molar-refractivity contribution in [3.05, 3.63) is 30.1 Å². The molecule has 0 aliphatic heterocycles. The van der Waals surface area contributed by atoms with Crippen LogP contribution in [0, 0.1) is 6.92 Å². The molecular weight excluding hydrogens is 242 g/mol. The monoisotopic (exact) mass is 255 g/mol. The largest absolute Gasteiger partial charge is 0.347 e. The van der Waals surface area contributed by atoms with Crippen LogP contribution in [-0.4, -0.2) is 28.6 Å². The molecule has 0 spiro atoms. The number of nitrogens with zero attached hydrogens (tertiary/aromatic N) is 2. The van der Waals surface area contributed by atoms with Crippen molar-refractivity contribution in [3.63, 3.8) is 0 Å². The smallest absolute Gasteiger partial charge is 0.244 e. The number of hydrogen-bond donors (Lipinski definition) is 3. The SMILES string of the molecule is Cc1[nH]ncc1S(=O)(=O)NC(C)c1ncc[nH]1. The van der Waals surface area contributed by atoms with Crippen molar-refractivity contribution in [2.24, 2.45) is 0 Å². The Hall–Kier alpha value is -1.67. The number of aromatic nitrogens is 4. The van der Waals surface area contributed by atoms with Crippen LogP contribution in [0.25, 0.3) is 0 Å². The minimum absolute atomic E-state index is 0.149. The molecule has 2 rings (SSSR count). The summed E-state index contributed by atoms with van der Waals surface area (Å²) in [5, 5.41) is 6.28. The normalized spacial score (nSPS) is 13.8. The molecule has 17 heavy (non-hydrogen) atoms. The zero-order chi connectivity index (χ0) is 12.5. The number of imidazole rings is 1. The van der Waals surface area contributed by atoms with Crippen LogP contribution in [0.4, 0.5) is 0 Å². The van der Waals surface area contributed by atoms with Crippen molar-refractivity contribution in [2.45, 2.75) is 24.8 Å². The number of hydrogen-bond acceptors (Lipinski definition) is 4. The Morgan fingerprint density at radius 2 is 2.24 bits per heavy atom. The van der Waals surface area contributed by atoms with Crippen LogP contribution in [0.5, 0.6) is 0 Å². The lowest BCUT2D eigenvalue weighted by Gasteiger charge is -2.11. The van der Waals surface area contributed by atoms with Crippen molar-refractivity contribution in [1.29, 1.82) is 0 Å². The van der Waals surface area contributed by atoms with E-state index < -0.39 is 16.1 Å². The number of aryl methyl sites for hydroxylation is 1. The summed E-state index contributed by atoms with van der Waals surface area (Å²) in [6, 6.07) is -0.427. The Kier molecular flexibility index (Phi) is 2.99. The highest BCUT2D eigenvalue weighted by Gasteiger charge is 2.22. The summed E-state index contributed by atoms with van der Waals surface area (Å²) in [6.07, 6.45) is 4.50. The van der Waals surface area contributed by atoms with E-state index in [2.05, 4.69) is 24.9 Å². The average Bonchev–Trinajstić information content (AvgIpc) is 2.85. The molecule has 7 nitrogen and oxygen atoms in total. The van der Waals surface area contributed by atoms with E-state index in [9.17, 15) is 8.42 Å². The van der Waals surface area contributed by atoms with Gasteiger partial charge in [0.25, 0.3) is 0 Å². The van der Waals surface area contributed by atoms with Gasteiger partial charge in [-0.3, -0.25) is 5.10 Å². The molecule has 92 valence electrons. The fraction of sp³-hybridized carbons (Fsp3) is 0.333. The Bertz CT molecular complexity index is 587. The molecule has 2 aromatic rings. The minimum Gasteiger partial charge on any atom is -0.347 e. The second kappa shape index (κ2) is 4.30. The van der Waals surface area contributed by atoms with Gasteiger partial charge in [-0.25, -0.2) is 18.1 Å². The third-order valence-electron chi connectivity index (χ3n) is 2.33. The molecular formula is C9H13N5O2S. The lowest BCUT2D eigenvalue weighted by molar-refractivity contribution is 0.560. The summed E-state index contributed by atoms with van der Waals surface area (Å²) in [6.45, 7) is 3.37. The van der Waals surface area contributed by atoms with Gasteiger partial charge in [0.15, 0.2) is 0 Å². The van der Waals surface area contributed by atoms with E-state index in [0.29, 0.717) is 11.5 Å². The third kappa shape index (κ3) is 2.37. The van der Waals surface area contributed by atoms with Crippen LogP contribution in [0.2, 0.25) is 0 Å². The molecule has 8 heteroatoms. The summed E-state index contributed by atoms with van der Waals surface area (Å²) in [5.41, 5.74) is 0.504. The first-order chi connectivity index (χ1) is 8.00. The molecule has 2 heterocycles. The fourth-order valence-corrected chi connectivity index (χ4v) is 2.82. The molecule has 0 saturated heterocycles. The molecule has 3 N–H and O–H groups in total. The molecule has 0 aliphatic carbocycles. The molecule has 0 aliphatic rings. The van der Waals surface area contributed by atoms with Gasteiger partial charge in [0, 0.05) is 12.4 Å². The highest BCUT2D eigenvalue weighted by Crippen LogP contribution is 2.15.